The highest BCUT2D eigenvalue weighted by molar-refractivity contribution is 9.13. The first-order valence-corrected chi connectivity index (χ1v) is 8.98. The van der Waals surface area contributed by atoms with Crippen LogP contribution in [0.15, 0.2) is 25.6 Å². The molecule has 0 saturated carbocycles. The number of halogens is 3. The second-order valence-electron chi connectivity index (χ2n) is 5.33. The number of benzene rings is 1. The number of carboxylic acids is 1. The van der Waals surface area contributed by atoms with Crippen LogP contribution in [0.25, 0.3) is 0 Å². The number of fused-ring (bicyclic) bond motifs is 2. The van der Waals surface area contributed by atoms with Crippen LogP contribution >= 0.6 is 47.8 Å². The van der Waals surface area contributed by atoms with Gasteiger partial charge in [0, 0.05) is 19.8 Å². The van der Waals surface area contributed by atoms with E-state index in [0.717, 1.165) is 8.95 Å². The van der Waals surface area contributed by atoms with Crippen LogP contribution < -0.4 is 0 Å². The van der Waals surface area contributed by atoms with Gasteiger partial charge in [0.15, 0.2) is 0 Å². The molecular formula is C14H11Br3O5. The van der Waals surface area contributed by atoms with Gasteiger partial charge in [-0.25, -0.2) is 4.79 Å². The molecule has 8 heteroatoms. The number of carboxylic acid groups (broad SMARTS) is 1. The fourth-order valence-electron chi connectivity index (χ4n) is 2.94. The third-order valence-corrected chi connectivity index (χ3v) is 6.38. The SMILES string of the molecule is O=C(OC1CC2CC(C(=O)O)C1O2)c1cc(Br)cc(Br)c1Br. The first-order valence-electron chi connectivity index (χ1n) is 6.60. The summed E-state index contributed by atoms with van der Waals surface area (Å²) in [5.41, 5.74) is 0.371. The highest BCUT2D eigenvalue weighted by Crippen LogP contribution is 2.41. The topological polar surface area (TPSA) is 72.8 Å². The molecule has 2 bridgehead atoms. The lowest BCUT2D eigenvalue weighted by atomic mass is 9.87. The molecule has 0 amide bonds. The standard InChI is InChI=1S/C14H11Br3O5/c15-5-1-7(11(17)9(16)2-5)14(20)22-10-4-6-3-8(13(18)19)12(10)21-6/h1-2,6,8,10,12H,3-4H2,(H,18,19). The number of esters is 1. The third kappa shape index (κ3) is 2.98. The summed E-state index contributed by atoms with van der Waals surface area (Å²) < 4.78 is 13.1. The van der Waals surface area contributed by atoms with E-state index in [-0.39, 0.29) is 6.10 Å². The first-order chi connectivity index (χ1) is 10.4. The number of hydrogen-bond acceptors (Lipinski definition) is 4. The number of aliphatic carboxylic acids is 1. The molecular weight excluding hydrogens is 488 g/mol. The van der Waals surface area contributed by atoms with E-state index in [2.05, 4.69) is 47.8 Å². The van der Waals surface area contributed by atoms with Crippen molar-refractivity contribution in [2.45, 2.75) is 31.2 Å². The van der Waals surface area contributed by atoms with Gasteiger partial charge >= 0.3 is 11.9 Å². The highest BCUT2D eigenvalue weighted by atomic mass is 79.9. The third-order valence-electron chi connectivity index (χ3n) is 3.91. The Morgan fingerprint density at radius 2 is 1.95 bits per heavy atom. The van der Waals surface area contributed by atoms with Gasteiger partial charge < -0.3 is 14.6 Å². The van der Waals surface area contributed by atoms with Crippen molar-refractivity contribution in [3.05, 3.63) is 31.1 Å². The molecule has 22 heavy (non-hydrogen) atoms. The predicted octanol–water partition coefficient (Wildman–Crippen LogP) is 3.76. The van der Waals surface area contributed by atoms with E-state index in [4.69, 9.17) is 9.47 Å². The number of carbonyl (C=O) groups excluding carboxylic acids is 1. The van der Waals surface area contributed by atoms with Crippen LogP contribution in [0, 0.1) is 5.92 Å². The van der Waals surface area contributed by atoms with Crippen LogP contribution in [0.3, 0.4) is 0 Å². The van der Waals surface area contributed by atoms with Gasteiger partial charge in [-0.05, 0) is 50.4 Å². The molecule has 5 nitrogen and oxygen atoms in total. The number of ether oxygens (including phenoxy) is 2. The Kier molecular flexibility index (Phi) is 4.64. The van der Waals surface area contributed by atoms with Crippen LogP contribution in [-0.4, -0.2) is 35.4 Å². The number of carbonyl (C=O) groups is 2. The minimum Gasteiger partial charge on any atom is -0.481 e. The molecule has 1 aromatic rings. The normalized spacial score (nSPS) is 29.6. The Bertz CT molecular complexity index is 648. The molecule has 3 rings (SSSR count). The average Bonchev–Trinajstić information content (AvgIpc) is 3.02. The minimum atomic E-state index is -0.903. The Labute approximate surface area is 151 Å². The van der Waals surface area contributed by atoms with Crippen LogP contribution in [-0.2, 0) is 14.3 Å². The number of rotatable bonds is 3. The molecule has 0 radical (unpaired) electrons. The van der Waals surface area contributed by atoms with Crippen molar-refractivity contribution in [3.8, 4) is 0 Å². The zero-order valence-electron chi connectivity index (χ0n) is 11.1. The predicted molar refractivity (Wildman–Crippen MR) is 87.8 cm³/mol. The summed E-state index contributed by atoms with van der Waals surface area (Å²) >= 11 is 10.0. The minimum absolute atomic E-state index is 0.137. The number of hydrogen-bond donors (Lipinski definition) is 1. The molecule has 4 atom stereocenters. The summed E-state index contributed by atoms with van der Waals surface area (Å²) in [5.74, 6) is -2.01. The Morgan fingerprint density at radius 3 is 2.59 bits per heavy atom. The monoisotopic (exact) mass is 496 g/mol. The quantitative estimate of drug-likeness (QED) is 0.507. The summed E-state index contributed by atoms with van der Waals surface area (Å²) in [4.78, 5) is 23.6. The molecule has 0 spiro atoms. The molecule has 2 aliphatic rings. The van der Waals surface area contributed by atoms with Gasteiger partial charge in [-0.1, -0.05) is 15.9 Å². The van der Waals surface area contributed by atoms with Crippen molar-refractivity contribution in [2.75, 3.05) is 0 Å². The Balaban J connectivity index is 1.77. The largest absolute Gasteiger partial charge is 0.481 e. The van der Waals surface area contributed by atoms with E-state index >= 15 is 0 Å². The van der Waals surface area contributed by atoms with E-state index in [1.165, 1.54) is 0 Å². The summed E-state index contributed by atoms with van der Waals surface area (Å²) in [6.07, 6.45) is -0.174. The summed E-state index contributed by atoms with van der Waals surface area (Å²) in [6.45, 7) is 0. The van der Waals surface area contributed by atoms with Crippen molar-refractivity contribution in [1.82, 2.24) is 0 Å². The van der Waals surface area contributed by atoms with E-state index in [1.807, 2.05) is 6.07 Å². The molecule has 0 aliphatic carbocycles. The fourth-order valence-corrected chi connectivity index (χ4v) is 4.56. The maximum atomic E-state index is 12.4. The zero-order chi connectivity index (χ0) is 16.0. The van der Waals surface area contributed by atoms with E-state index < -0.39 is 30.1 Å². The molecule has 0 aromatic heterocycles. The summed E-state index contributed by atoms with van der Waals surface area (Å²) in [6, 6.07) is 3.46. The second kappa shape index (κ2) is 6.22. The van der Waals surface area contributed by atoms with Crippen molar-refractivity contribution < 1.29 is 24.2 Å². The molecule has 2 aliphatic heterocycles. The maximum Gasteiger partial charge on any atom is 0.339 e. The van der Waals surface area contributed by atoms with E-state index in [9.17, 15) is 14.7 Å². The lowest BCUT2D eigenvalue weighted by Crippen LogP contribution is -2.38. The molecule has 2 heterocycles. The molecule has 2 fully saturated rings. The van der Waals surface area contributed by atoms with E-state index in [1.54, 1.807) is 6.07 Å². The lowest BCUT2D eigenvalue weighted by Gasteiger charge is -2.24. The summed E-state index contributed by atoms with van der Waals surface area (Å²) in [5, 5.41) is 9.18. The smallest absolute Gasteiger partial charge is 0.339 e. The van der Waals surface area contributed by atoms with Crippen molar-refractivity contribution in [3.63, 3.8) is 0 Å². The summed E-state index contributed by atoms with van der Waals surface area (Å²) in [7, 11) is 0. The van der Waals surface area contributed by atoms with Crippen LogP contribution in [0.4, 0.5) is 0 Å². The lowest BCUT2D eigenvalue weighted by molar-refractivity contribution is -0.145. The molecule has 1 aromatic carbocycles. The fraction of sp³-hybridized carbons (Fsp3) is 0.429. The maximum absolute atomic E-state index is 12.4. The second-order valence-corrected chi connectivity index (χ2v) is 7.89. The molecule has 4 unspecified atom stereocenters. The van der Waals surface area contributed by atoms with Gasteiger partial charge in [0.25, 0.3) is 0 Å². The average molecular weight is 499 g/mol. The van der Waals surface area contributed by atoms with E-state index in [0.29, 0.717) is 22.9 Å². The van der Waals surface area contributed by atoms with Crippen LogP contribution in [0.2, 0.25) is 0 Å². The highest BCUT2D eigenvalue weighted by Gasteiger charge is 2.52. The van der Waals surface area contributed by atoms with Crippen molar-refractivity contribution in [1.29, 1.82) is 0 Å². The first kappa shape index (κ1) is 16.4. The van der Waals surface area contributed by atoms with Gasteiger partial charge in [-0.15, -0.1) is 0 Å². The van der Waals surface area contributed by atoms with Crippen LogP contribution in [0.5, 0.6) is 0 Å². The van der Waals surface area contributed by atoms with Gasteiger partial charge in [-0.2, -0.15) is 0 Å². The Morgan fingerprint density at radius 1 is 1.23 bits per heavy atom. The Hall–Kier alpha value is -0.440. The van der Waals surface area contributed by atoms with Crippen LogP contribution in [0.1, 0.15) is 23.2 Å². The molecule has 1 N–H and O–H groups in total. The van der Waals surface area contributed by atoms with Gasteiger partial charge in [0.2, 0.25) is 0 Å². The van der Waals surface area contributed by atoms with Gasteiger partial charge in [0.1, 0.15) is 12.2 Å². The zero-order valence-corrected chi connectivity index (χ0v) is 15.9. The van der Waals surface area contributed by atoms with Crippen molar-refractivity contribution >= 4 is 59.7 Å². The van der Waals surface area contributed by atoms with Gasteiger partial charge in [-0.3, -0.25) is 4.79 Å². The molecule has 118 valence electrons. The molecule has 2 saturated heterocycles. The van der Waals surface area contributed by atoms with Crippen molar-refractivity contribution in [2.24, 2.45) is 5.92 Å². The van der Waals surface area contributed by atoms with Gasteiger partial charge in [0.05, 0.1) is 17.6 Å².